The predicted molar refractivity (Wildman–Crippen MR) is 140 cm³/mol. The molecule has 0 saturated carbocycles. The van der Waals surface area contributed by atoms with E-state index in [-0.39, 0.29) is 29.2 Å². The topological polar surface area (TPSA) is 102 Å². The highest BCUT2D eigenvalue weighted by Gasteiger charge is 2.42. The van der Waals surface area contributed by atoms with E-state index in [0.717, 1.165) is 11.4 Å². The molecule has 0 amide bonds. The molecule has 9 heteroatoms. The molecule has 3 aromatic rings. The molecule has 0 aromatic heterocycles. The molecule has 3 aromatic carbocycles. The van der Waals surface area contributed by atoms with Gasteiger partial charge in [0.25, 0.3) is 5.69 Å². The van der Waals surface area contributed by atoms with Gasteiger partial charge in [0.05, 0.1) is 22.3 Å². The maximum Gasteiger partial charge on any atom is 0.330 e. The van der Waals surface area contributed by atoms with Crippen LogP contribution in [0.2, 0.25) is 0 Å². The Hall–Kier alpha value is -4.53. The van der Waals surface area contributed by atoms with Gasteiger partial charge >= 0.3 is 5.97 Å². The van der Waals surface area contributed by atoms with Gasteiger partial charge in [0, 0.05) is 29.8 Å². The lowest BCUT2D eigenvalue weighted by atomic mass is 9.73. The summed E-state index contributed by atoms with van der Waals surface area (Å²) in [5.74, 6) is -0.904. The van der Waals surface area contributed by atoms with Crippen molar-refractivity contribution in [1.29, 1.82) is 0 Å². The Balaban J connectivity index is 1.58. The largest absolute Gasteiger partial charge is 0.425 e. The van der Waals surface area contributed by atoms with Crippen LogP contribution in [0.1, 0.15) is 38.3 Å². The zero-order valence-corrected chi connectivity index (χ0v) is 20.9. The first-order valence-electron chi connectivity index (χ1n) is 12.2. The van der Waals surface area contributed by atoms with E-state index in [1.807, 2.05) is 38.1 Å². The average Bonchev–Trinajstić information content (AvgIpc) is 2.98. The van der Waals surface area contributed by atoms with E-state index in [1.54, 1.807) is 17.0 Å². The maximum atomic E-state index is 13.9. The van der Waals surface area contributed by atoms with Crippen LogP contribution < -0.4 is 15.0 Å². The summed E-state index contributed by atoms with van der Waals surface area (Å²) >= 11 is 0. The van der Waals surface area contributed by atoms with Crippen LogP contribution in [0, 0.1) is 21.3 Å². The minimum absolute atomic E-state index is 0.0420. The number of esters is 1. The summed E-state index contributed by atoms with van der Waals surface area (Å²) in [6, 6.07) is 17.9. The second-order valence-electron chi connectivity index (χ2n) is 10.3. The third-order valence-electron chi connectivity index (χ3n) is 6.77. The van der Waals surface area contributed by atoms with Crippen molar-refractivity contribution < 1.29 is 23.6 Å². The van der Waals surface area contributed by atoms with Gasteiger partial charge in [-0.3, -0.25) is 14.9 Å². The molecule has 0 saturated heterocycles. The molecule has 0 radical (unpaired) electrons. The monoisotopic (exact) mass is 515 g/mol. The van der Waals surface area contributed by atoms with Gasteiger partial charge in [-0.05, 0) is 53.8 Å². The van der Waals surface area contributed by atoms with Crippen molar-refractivity contribution in [3.8, 4) is 5.75 Å². The standard InChI is InChI=1S/C29H26FN3O5/c1-29(2)15-23-27(25(34)16-29)28(18-7-9-19(30)10-8-18)32(24-6-4-3-5-22(24)31-23)17-26(35)38-21-13-11-20(12-14-21)33(36)37/h3-14,28,31H,15-17H2,1-2H3/t28-/m0/s1. The lowest BCUT2D eigenvalue weighted by Crippen LogP contribution is -2.39. The number of nitrogens with zero attached hydrogens (tertiary/aromatic N) is 2. The average molecular weight is 516 g/mol. The molecule has 5 rings (SSSR count). The van der Waals surface area contributed by atoms with E-state index in [0.29, 0.717) is 29.7 Å². The van der Waals surface area contributed by atoms with Crippen molar-refractivity contribution in [2.75, 3.05) is 16.8 Å². The fourth-order valence-corrected chi connectivity index (χ4v) is 5.16. The van der Waals surface area contributed by atoms with E-state index in [2.05, 4.69) is 5.32 Å². The van der Waals surface area contributed by atoms with Crippen LogP contribution >= 0.6 is 0 Å². The lowest BCUT2D eigenvalue weighted by molar-refractivity contribution is -0.384. The Morgan fingerprint density at radius 2 is 1.76 bits per heavy atom. The van der Waals surface area contributed by atoms with Gasteiger partial charge in [-0.25, -0.2) is 9.18 Å². The summed E-state index contributed by atoms with van der Waals surface area (Å²) in [6.45, 7) is 3.85. The Morgan fingerprint density at radius 3 is 2.45 bits per heavy atom. The maximum absolute atomic E-state index is 13.9. The number of carbonyl (C=O) groups excluding carboxylic acids is 2. The van der Waals surface area contributed by atoms with Crippen LogP contribution in [0.4, 0.5) is 21.5 Å². The number of non-ortho nitro benzene ring substituents is 1. The van der Waals surface area contributed by atoms with Crippen LogP contribution in [0.25, 0.3) is 0 Å². The first-order valence-corrected chi connectivity index (χ1v) is 12.2. The smallest absolute Gasteiger partial charge is 0.330 e. The zero-order chi connectivity index (χ0) is 27.0. The fourth-order valence-electron chi connectivity index (χ4n) is 5.16. The number of rotatable bonds is 5. The number of carbonyl (C=O) groups is 2. The van der Waals surface area contributed by atoms with Crippen molar-refractivity contribution in [1.82, 2.24) is 0 Å². The molecular weight excluding hydrogens is 489 g/mol. The number of benzene rings is 3. The van der Waals surface area contributed by atoms with Crippen molar-refractivity contribution in [3.63, 3.8) is 0 Å². The van der Waals surface area contributed by atoms with Gasteiger partial charge in [0.15, 0.2) is 5.78 Å². The van der Waals surface area contributed by atoms with Crippen molar-refractivity contribution in [2.24, 2.45) is 5.41 Å². The van der Waals surface area contributed by atoms with E-state index in [4.69, 9.17) is 4.74 Å². The van der Waals surface area contributed by atoms with Gasteiger partial charge in [0.2, 0.25) is 0 Å². The van der Waals surface area contributed by atoms with Gasteiger partial charge in [-0.1, -0.05) is 38.1 Å². The van der Waals surface area contributed by atoms with Crippen LogP contribution in [0.15, 0.2) is 84.1 Å². The number of fused-ring (bicyclic) bond motifs is 1. The molecule has 0 unspecified atom stereocenters. The highest BCUT2D eigenvalue weighted by Crippen LogP contribution is 2.48. The minimum Gasteiger partial charge on any atom is -0.425 e. The van der Waals surface area contributed by atoms with Crippen molar-refractivity contribution >= 4 is 28.8 Å². The number of nitro groups is 1. The molecule has 1 aliphatic carbocycles. The number of halogens is 1. The number of nitro benzene ring substituents is 1. The molecule has 2 aliphatic rings. The van der Waals surface area contributed by atoms with Crippen LogP contribution in [-0.2, 0) is 9.59 Å². The molecule has 0 spiro atoms. The summed E-state index contributed by atoms with van der Waals surface area (Å²) in [5, 5.41) is 14.4. The highest BCUT2D eigenvalue weighted by molar-refractivity contribution is 6.01. The predicted octanol–water partition coefficient (Wildman–Crippen LogP) is 5.96. The second kappa shape index (κ2) is 9.74. The molecule has 1 aliphatic heterocycles. The van der Waals surface area contributed by atoms with E-state index < -0.39 is 22.8 Å². The summed E-state index contributed by atoms with van der Waals surface area (Å²) in [5.41, 5.74) is 3.02. The highest BCUT2D eigenvalue weighted by atomic mass is 19.1. The first kappa shape index (κ1) is 25.1. The number of ketones is 1. The Kier molecular flexibility index (Phi) is 6.44. The molecule has 1 atom stereocenters. The molecule has 38 heavy (non-hydrogen) atoms. The number of Topliss-reactive ketones (excluding diaryl/α,β-unsaturated/α-hetero) is 1. The van der Waals surface area contributed by atoms with Gasteiger partial charge < -0.3 is 15.0 Å². The Morgan fingerprint density at radius 1 is 1.08 bits per heavy atom. The lowest BCUT2D eigenvalue weighted by Gasteiger charge is -2.37. The normalized spacial score (nSPS) is 18.1. The quantitative estimate of drug-likeness (QED) is 0.194. The Labute approximate surface area is 218 Å². The first-order chi connectivity index (χ1) is 18.1. The molecule has 1 heterocycles. The molecule has 0 bridgehead atoms. The molecular formula is C29H26FN3O5. The number of anilines is 2. The molecule has 8 nitrogen and oxygen atoms in total. The summed E-state index contributed by atoms with van der Waals surface area (Å²) < 4.78 is 19.4. The zero-order valence-electron chi connectivity index (χ0n) is 20.9. The summed E-state index contributed by atoms with van der Waals surface area (Å²) in [4.78, 5) is 39.1. The van der Waals surface area contributed by atoms with Crippen LogP contribution in [-0.4, -0.2) is 23.2 Å². The van der Waals surface area contributed by atoms with Crippen molar-refractivity contribution in [2.45, 2.75) is 32.7 Å². The number of hydrogen-bond donors (Lipinski definition) is 1. The second-order valence-corrected chi connectivity index (χ2v) is 10.3. The third-order valence-corrected chi connectivity index (χ3v) is 6.77. The van der Waals surface area contributed by atoms with Crippen LogP contribution in [0.3, 0.4) is 0 Å². The number of ether oxygens (including phenoxy) is 1. The summed E-state index contributed by atoms with van der Waals surface area (Å²) in [7, 11) is 0. The number of allylic oxidation sites excluding steroid dienone is 1. The van der Waals surface area contributed by atoms with Crippen molar-refractivity contribution in [3.05, 3.63) is 106 Å². The van der Waals surface area contributed by atoms with Gasteiger partial charge in [-0.15, -0.1) is 0 Å². The van der Waals surface area contributed by atoms with E-state index >= 15 is 0 Å². The van der Waals surface area contributed by atoms with Gasteiger partial charge in [0.1, 0.15) is 18.1 Å². The van der Waals surface area contributed by atoms with Gasteiger partial charge in [-0.2, -0.15) is 0 Å². The third kappa shape index (κ3) is 5.00. The number of hydrogen-bond acceptors (Lipinski definition) is 7. The molecule has 194 valence electrons. The summed E-state index contributed by atoms with van der Waals surface area (Å²) in [6.07, 6.45) is 0.962. The molecule has 1 N–H and O–H groups in total. The minimum atomic E-state index is -0.672. The number of para-hydroxylation sites is 2. The Bertz CT molecular complexity index is 1450. The SMILES string of the molecule is CC1(C)CC(=O)C2=C(C1)Nc1ccccc1N(CC(=O)Oc1ccc([N+](=O)[O-])cc1)[C@H]2c1ccc(F)cc1. The van der Waals surface area contributed by atoms with E-state index in [9.17, 15) is 24.1 Å². The fraction of sp³-hybridized carbons (Fsp3) is 0.241. The van der Waals surface area contributed by atoms with E-state index in [1.165, 1.54) is 36.4 Å². The number of nitrogens with one attached hydrogen (secondary N) is 1. The molecule has 0 fully saturated rings. The van der Waals surface area contributed by atoms with Crippen LogP contribution in [0.5, 0.6) is 5.75 Å².